The highest BCUT2D eigenvalue weighted by Crippen LogP contribution is 2.32. The van der Waals surface area contributed by atoms with Crippen LogP contribution in [0.3, 0.4) is 0 Å². The SMILES string of the molecule is CN1CCN(C(=O)COc2cc(Cl)c(Cl)cc2N)CC1. The zero-order valence-electron chi connectivity index (χ0n) is 11.2. The molecular weight excluding hydrogens is 301 g/mol. The van der Waals surface area contributed by atoms with Gasteiger partial charge < -0.3 is 20.3 Å². The van der Waals surface area contributed by atoms with Crippen LogP contribution in [-0.2, 0) is 4.79 Å². The summed E-state index contributed by atoms with van der Waals surface area (Å²) in [5.41, 5.74) is 6.14. The van der Waals surface area contributed by atoms with Gasteiger partial charge in [0.25, 0.3) is 5.91 Å². The van der Waals surface area contributed by atoms with Crippen molar-refractivity contribution in [1.82, 2.24) is 9.80 Å². The normalized spacial score (nSPS) is 16.2. The maximum absolute atomic E-state index is 12.0. The van der Waals surface area contributed by atoms with E-state index in [4.69, 9.17) is 33.7 Å². The van der Waals surface area contributed by atoms with Crippen LogP contribution >= 0.6 is 23.2 Å². The van der Waals surface area contributed by atoms with E-state index >= 15 is 0 Å². The Morgan fingerprint density at radius 3 is 2.50 bits per heavy atom. The summed E-state index contributed by atoms with van der Waals surface area (Å²) >= 11 is 11.7. The van der Waals surface area contributed by atoms with Crippen molar-refractivity contribution in [2.45, 2.75) is 0 Å². The topological polar surface area (TPSA) is 58.8 Å². The average Bonchev–Trinajstić information content (AvgIpc) is 2.42. The van der Waals surface area contributed by atoms with E-state index < -0.39 is 0 Å². The van der Waals surface area contributed by atoms with Crippen LogP contribution in [0.2, 0.25) is 10.0 Å². The summed E-state index contributed by atoms with van der Waals surface area (Å²) in [5, 5.41) is 0.713. The van der Waals surface area contributed by atoms with Crippen LogP contribution in [0.15, 0.2) is 12.1 Å². The Hall–Kier alpha value is -1.17. The molecule has 0 saturated carbocycles. The highest BCUT2D eigenvalue weighted by molar-refractivity contribution is 6.42. The Balaban J connectivity index is 1.92. The van der Waals surface area contributed by atoms with Gasteiger partial charge in [-0.2, -0.15) is 0 Å². The van der Waals surface area contributed by atoms with E-state index in [1.54, 1.807) is 4.90 Å². The maximum atomic E-state index is 12.0. The van der Waals surface area contributed by atoms with Gasteiger partial charge in [-0.15, -0.1) is 0 Å². The summed E-state index contributed by atoms with van der Waals surface area (Å²) in [4.78, 5) is 16.0. The summed E-state index contributed by atoms with van der Waals surface area (Å²) in [7, 11) is 2.04. The first kappa shape index (κ1) is 15.2. The largest absolute Gasteiger partial charge is 0.482 e. The van der Waals surface area contributed by atoms with E-state index in [9.17, 15) is 4.79 Å². The number of piperazine rings is 1. The molecule has 1 aliphatic rings. The molecule has 110 valence electrons. The van der Waals surface area contributed by atoms with Gasteiger partial charge >= 0.3 is 0 Å². The summed E-state index contributed by atoms with van der Waals surface area (Å²) in [6, 6.07) is 3.04. The first-order chi connectivity index (χ1) is 9.47. The van der Waals surface area contributed by atoms with Crippen molar-refractivity contribution in [3.63, 3.8) is 0 Å². The fourth-order valence-corrected chi connectivity index (χ4v) is 2.28. The van der Waals surface area contributed by atoms with Gasteiger partial charge in [0.15, 0.2) is 6.61 Å². The monoisotopic (exact) mass is 317 g/mol. The number of hydrogen-bond donors (Lipinski definition) is 1. The fourth-order valence-electron chi connectivity index (χ4n) is 1.96. The molecule has 0 unspecified atom stereocenters. The smallest absolute Gasteiger partial charge is 0.260 e. The number of benzene rings is 1. The number of ether oxygens (including phenoxy) is 1. The molecule has 0 radical (unpaired) electrons. The molecule has 0 atom stereocenters. The van der Waals surface area contributed by atoms with Crippen LogP contribution in [0.5, 0.6) is 5.75 Å². The minimum Gasteiger partial charge on any atom is -0.482 e. The van der Waals surface area contributed by atoms with E-state index in [0.717, 1.165) is 26.2 Å². The molecule has 0 aromatic heterocycles. The number of amides is 1. The molecule has 0 spiro atoms. The van der Waals surface area contributed by atoms with Crippen molar-refractivity contribution in [1.29, 1.82) is 0 Å². The van der Waals surface area contributed by atoms with Gasteiger partial charge in [0.05, 0.1) is 15.7 Å². The van der Waals surface area contributed by atoms with Crippen molar-refractivity contribution >= 4 is 34.8 Å². The van der Waals surface area contributed by atoms with Crippen LogP contribution in [0.25, 0.3) is 0 Å². The zero-order chi connectivity index (χ0) is 14.7. The van der Waals surface area contributed by atoms with Crippen molar-refractivity contribution in [3.8, 4) is 5.75 Å². The third kappa shape index (κ3) is 3.69. The molecule has 1 aromatic rings. The van der Waals surface area contributed by atoms with Gasteiger partial charge in [0, 0.05) is 32.2 Å². The molecular formula is C13H17Cl2N3O2. The van der Waals surface area contributed by atoms with E-state index in [-0.39, 0.29) is 12.5 Å². The molecule has 0 bridgehead atoms. The number of likely N-dealkylation sites (N-methyl/N-ethyl adjacent to an activating group) is 1. The van der Waals surface area contributed by atoms with Crippen LogP contribution in [0.4, 0.5) is 5.69 Å². The second kappa shape index (κ2) is 6.52. The summed E-state index contributed by atoms with van der Waals surface area (Å²) < 4.78 is 5.44. The lowest BCUT2D eigenvalue weighted by Gasteiger charge is -2.32. The molecule has 0 aliphatic carbocycles. The van der Waals surface area contributed by atoms with E-state index in [1.807, 2.05) is 7.05 Å². The Labute approximate surface area is 128 Å². The number of nitrogens with zero attached hydrogens (tertiary/aromatic N) is 2. The summed E-state index contributed by atoms with van der Waals surface area (Å²) in [5.74, 6) is 0.324. The molecule has 2 rings (SSSR count). The molecule has 1 amide bonds. The Kier molecular flexibility index (Phi) is 4.96. The van der Waals surface area contributed by atoms with Gasteiger partial charge in [0.2, 0.25) is 0 Å². The average molecular weight is 318 g/mol. The molecule has 7 heteroatoms. The number of hydrogen-bond acceptors (Lipinski definition) is 4. The highest BCUT2D eigenvalue weighted by atomic mass is 35.5. The van der Waals surface area contributed by atoms with Gasteiger partial charge in [-0.1, -0.05) is 23.2 Å². The number of carbonyl (C=O) groups excluding carboxylic acids is 1. The maximum Gasteiger partial charge on any atom is 0.260 e. The van der Waals surface area contributed by atoms with E-state index in [2.05, 4.69) is 4.90 Å². The molecule has 1 aliphatic heterocycles. The lowest BCUT2D eigenvalue weighted by atomic mass is 10.3. The quantitative estimate of drug-likeness (QED) is 0.862. The minimum atomic E-state index is -0.0522. The predicted octanol–water partition coefficient (Wildman–Crippen LogP) is 1.73. The van der Waals surface area contributed by atoms with Crippen molar-refractivity contribution in [2.75, 3.05) is 45.6 Å². The van der Waals surface area contributed by atoms with E-state index in [0.29, 0.717) is 21.5 Å². The zero-order valence-corrected chi connectivity index (χ0v) is 12.7. The lowest BCUT2D eigenvalue weighted by Crippen LogP contribution is -2.48. The minimum absolute atomic E-state index is 0.0497. The van der Waals surface area contributed by atoms with E-state index in [1.165, 1.54) is 12.1 Å². The Morgan fingerprint density at radius 1 is 1.25 bits per heavy atom. The van der Waals surface area contributed by atoms with Crippen LogP contribution in [0, 0.1) is 0 Å². The second-order valence-electron chi connectivity index (χ2n) is 4.78. The van der Waals surface area contributed by atoms with Crippen molar-refractivity contribution in [2.24, 2.45) is 0 Å². The third-order valence-electron chi connectivity index (χ3n) is 3.26. The molecule has 1 saturated heterocycles. The summed E-state index contributed by atoms with van der Waals surface area (Å²) in [6.07, 6.45) is 0. The molecule has 5 nitrogen and oxygen atoms in total. The molecule has 1 aromatic carbocycles. The summed E-state index contributed by atoms with van der Waals surface area (Å²) in [6.45, 7) is 3.14. The lowest BCUT2D eigenvalue weighted by molar-refractivity contribution is -0.134. The Morgan fingerprint density at radius 2 is 1.85 bits per heavy atom. The van der Waals surface area contributed by atoms with Gasteiger partial charge in [-0.05, 0) is 13.1 Å². The predicted molar refractivity (Wildman–Crippen MR) is 80.4 cm³/mol. The molecule has 1 fully saturated rings. The fraction of sp³-hybridized carbons (Fsp3) is 0.462. The number of anilines is 1. The van der Waals surface area contributed by atoms with Gasteiger partial charge in [-0.25, -0.2) is 0 Å². The highest BCUT2D eigenvalue weighted by Gasteiger charge is 2.19. The van der Waals surface area contributed by atoms with Crippen molar-refractivity contribution in [3.05, 3.63) is 22.2 Å². The first-order valence-corrected chi connectivity index (χ1v) is 7.06. The number of rotatable bonds is 3. The standard InChI is InChI=1S/C13H17Cl2N3O2/c1-17-2-4-18(5-3-17)13(19)8-20-12-7-10(15)9(14)6-11(12)16/h6-7H,2-5,8,16H2,1H3. The van der Waals surface area contributed by atoms with Crippen LogP contribution in [-0.4, -0.2) is 55.5 Å². The number of nitrogens with two attached hydrogens (primary N) is 1. The second-order valence-corrected chi connectivity index (χ2v) is 5.59. The Bertz CT molecular complexity index is 503. The molecule has 1 heterocycles. The third-order valence-corrected chi connectivity index (χ3v) is 3.98. The number of carbonyl (C=O) groups is 1. The molecule has 20 heavy (non-hydrogen) atoms. The van der Waals surface area contributed by atoms with Gasteiger partial charge in [0.1, 0.15) is 5.75 Å². The molecule has 2 N–H and O–H groups in total. The number of halogens is 2. The van der Waals surface area contributed by atoms with Crippen molar-refractivity contribution < 1.29 is 9.53 Å². The first-order valence-electron chi connectivity index (χ1n) is 6.31. The van der Waals surface area contributed by atoms with Crippen LogP contribution < -0.4 is 10.5 Å². The van der Waals surface area contributed by atoms with Gasteiger partial charge in [-0.3, -0.25) is 4.79 Å². The van der Waals surface area contributed by atoms with Crippen LogP contribution in [0.1, 0.15) is 0 Å². The number of nitrogen functional groups attached to an aromatic ring is 1.